The second-order valence-corrected chi connectivity index (χ2v) is 2.35. The number of rotatable bonds is 1. The van der Waals surface area contributed by atoms with Gasteiger partial charge in [0.2, 0.25) is 0 Å². The van der Waals surface area contributed by atoms with Crippen molar-refractivity contribution in [1.29, 1.82) is 0 Å². The number of aromatic nitrogens is 1. The van der Waals surface area contributed by atoms with Crippen molar-refractivity contribution in [3.05, 3.63) is 27.5 Å². The molecule has 0 spiro atoms. The first-order chi connectivity index (χ1) is 5.15. The predicted molar refractivity (Wildman–Crippen MR) is 41.4 cm³/mol. The van der Waals surface area contributed by atoms with Gasteiger partial charge in [-0.3, -0.25) is 9.78 Å². The first kappa shape index (κ1) is 7.81. The normalized spacial score (nSPS) is 10.0. The Morgan fingerprint density at radius 3 is 2.82 bits per heavy atom. The lowest BCUT2D eigenvalue weighted by molar-refractivity contribution is 0.444. The van der Waals surface area contributed by atoms with Gasteiger partial charge in [0.15, 0.2) is 5.88 Å². The third kappa shape index (κ3) is 1.40. The van der Waals surface area contributed by atoms with Crippen molar-refractivity contribution in [3.8, 4) is 5.88 Å². The number of hydrogen-bond acceptors (Lipinski definition) is 3. The second kappa shape index (κ2) is 2.75. The van der Waals surface area contributed by atoms with Gasteiger partial charge in [-0.2, -0.15) is 0 Å². The van der Waals surface area contributed by atoms with Crippen LogP contribution >= 0.6 is 0 Å². The van der Waals surface area contributed by atoms with E-state index in [1.165, 1.54) is 6.07 Å². The molecule has 0 fully saturated rings. The Labute approximate surface area is 63.7 Å². The molecular weight excluding hydrogens is 144 g/mol. The van der Waals surface area contributed by atoms with Crippen molar-refractivity contribution in [3.63, 3.8) is 0 Å². The third-order valence-corrected chi connectivity index (χ3v) is 1.56. The van der Waals surface area contributed by atoms with Crippen LogP contribution < -0.4 is 11.3 Å². The van der Waals surface area contributed by atoms with Crippen LogP contribution in [0, 0.1) is 6.92 Å². The van der Waals surface area contributed by atoms with Crippen LogP contribution in [0.5, 0.6) is 5.88 Å². The lowest BCUT2D eigenvalue weighted by Gasteiger charge is -2.02. The van der Waals surface area contributed by atoms with E-state index in [4.69, 9.17) is 10.8 Å². The maximum Gasteiger partial charge on any atom is 0.250 e. The summed E-state index contributed by atoms with van der Waals surface area (Å²) in [6.07, 6.45) is 0. The molecule has 0 unspecified atom stereocenters. The highest BCUT2D eigenvalue weighted by atomic mass is 16.3. The number of aromatic hydroxyl groups is 1. The number of aromatic amines is 1. The molecule has 4 N–H and O–H groups in total. The predicted octanol–water partition coefficient (Wildman–Crippen LogP) is -0.152. The zero-order valence-corrected chi connectivity index (χ0v) is 6.22. The minimum absolute atomic E-state index is 0.127. The lowest BCUT2D eigenvalue weighted by atomic mass is 10.1. The quantitative estimate of drug-likeness (QED) is 0.526. The fourth-order valence-electron chi connectivity index (χ4n) is 0.956. The van der Waals surface area contributed by atoms with Crippen molar-refractivity contribution in [2.45, 2.75) is 13.5 Å². The van der Waals surface area contributed by atoms with Gasteiger partial charge in [0.1, 0.15) is 0 Å². The molecule has 0 aliphatic carbocycles. The van der Waals surface area contributed by atoms with Crippen molar-refractivity contribution in [2.75, 3.05) is 0 Å². The summed E-state index contributed by atoms with van der Waals surface area (Å²) in [6, 6.07) is 1.40. The lowest BCUT2D eigenvalue weighted by Crippen LogP contribution is -2.09. The topological polar surface area (TPSA) is 79.1 Å². The Hall–Kier alpha value is -1.29. The number of nitrogens with one attached hydrogen (secondary N) is 1. The smallest absolute Gasteiger partial charge is 0.250 e. The summed E-state index contributed by atoms with van der Waals surface area (Å²) in [7, 11) is 0. The highest BCUT2D eigenvalue weighted by molar-refractivity contribution is 5.31. The first-order valence-electron chi connectivity index (χ1n) is 3.27. The van der Waals surface area contributed by atoms with Crippen LogP contribution in [0.2, 0.25) is 0 Å². The van der Waals surface area contributed by atoms with Crippen molar-refractivity contribution >= 4 is 0 Å². The standard InChI is InChI=1S/C7H10N2O2/c1-4-2-6(10)9-7(11)5(4)3-8/h2H,3,8H2,1H3,(H2,9,10,11). The molecule has 0 bridgehead atoms. The van der Waals surface area contributed by atoms with Gasteiger partial charge in [0, 0.05) is 18.2 Å². The minimum Gasteiger partial charge on any atom is -0.494 e. The maximum absolute atomic E-state index is 10.7. The highest BCUT2D eigenvalue weighted by Crippen LogP contribution is 2.13. The Morgan fingerprint density at radius 2 is 2.36 bits per heavy atom. The maximum atomic E-state index is 10.7. The fourth-order valence-corrected chi connectivity index (χ4v) is 0.956. The van der Waals surface area contributed by atoms with Crippen molar-refractivity contribution in [1.82, 2.24) is 4.98 Å². The molecule has 0 radical (unpaired) electrons. The highest BCUT2D eigenvalue weighted by Gasteiger charge is 2.03. The van der Waals surface area contributed by atoms with Crippen molar-refractivity contribution < 1.29 is 5.11 Å². The van der Waals surface area contributed by atoms with E-state index in [2.05, 4.69) is 4.98 Å². The number of H-pyrrole nitrogens is 1. The first-order valence-corrected chi connectivity index (χ1v) is 3.27. The molecule has 1 rings (SSSR count). The summed E-state index contributed by atoms with van der Waals surface area (Å²) in [4.78, 5) is 13.0. The molecule has 60 valence electrons. The number of pyridine rings is 1. The number of aryl methyl sites for hydroxylation is 1. The zero-order chi connectivity index (χ0) is 8.43. The fraction of sp³-hybridized carbons (Fsp3) is 0.286. The van der Waals surface area contributed by atoms with Gasteiger partial charge in [-0.05, 0) is 12.5 Å². The number of hydrogen-bond donors (Lipinski definition) is 3. The van der Waals surface area contributed by atoms with Crippen molar-refractivity contribution in [2.24, 2.45) is 5.73 Å². The Balaban J connectivity index is 3.36. The SMILES string of the molecule is Cc1cc(=O)[nH]c(O)c1CN. The van der Waals surface area contributed by atoms with Gasteiger partial charge >= 0.3 is 0 Å². The molecule has 1 aromatic rings. The number of nitrogens with two attached hydrogens (primary N) is 1. The van der Waals surface area contributed by atoms with E-state index in [-0.39, 0.29) is 18.0 Å². The average Bonchev–Trinajstić information content (AvgIpc) is 1.85. The van der Waals surface area contributed by atoms with Gasteiger partial charge in [-0.25, -0.2) is 0 Å². The summed E-state index contributed by atoms with van der Waals surface area (Å²) < 4.78 is 0. The van der Waals surface area contributed by atoms with E-state index in [1.807, 2.05) is 0 Å². The summed E-state index contributed by atoms with van der Waals surface area (Å²) in [5.74, 6) is -0.127. The molecule has 0 aliphatic rings. The van der Waals surface area contributed by atoms with Gasteiger partial charge in [0.25, 0.3) is 5.56 Å². The van der Waals surface area contributed by atoms with Gasteiger partial charge in [0.05, 0.1) is 0 Å². The molecule has 11 heavy (non-hydrogen) atoms. The summed E-state index contributed by atoms with van der Waals surface area (Å²) in [6.45, 7) is 1.96. The van der Waals surface area contributed by atoms with Crippen LogP contribution in [-0.2, 0) is 6.54 Å². The van der Waals surface area contributed by atoms with E-state index >= 15 is 0 Å². The Bertz CT molecular complexity index is 290. The molecule has 0 aliphatic heterocycles. The molecule has 0 saturated heterocycles. The summed E-state index contributed by atoms with van der Waals surface area (Å²) >= 11 is 0. The molecule has 4 nitrogen and oxygen atoms in total. The molecule has 0 amide bonds. The summed E-state index contributed by atoms with van der Waals surface area (Å²) in [5.41, 5.74) is 6.32. The van der Waals surface area contributed by atoms with E-state index in [0.717, 1.165) is 0 Å². The Kier molecular flexibility index (Phi) is 1.96. The van der Waals surface area contributed by atoms with Crippen LogP contribution in [0.3, 0.4) is 0 Å². The Morgan fingerprint density at radius 1 is 1.73 bits per heavy atom. The third-order valence-electron chi connectivity index (χ3n) is 1.56. The molecule has 0 atom stereocenters. The molecule has 4 heteroatoms. The van der Waals surface area contributed by atoms with Crippen LogP contribution in [0.15, 0.2) is 10.9 Å². The van der Waals surface area contributed by atoms with E-state index in [9.17, 15) is 4.79 Å². The van der Waals surface area contributed by atoms with E-state index < -0.39 is 0 Å². The molecule has 1 heterocycles. The van der Waals surface area contributed by atoms with E-state index in [1.54, 1.807) is 6.92 Å². The van der Waals surface area contributed by atoms with Gasteiger partial charge < -0.3 is 10.8 Å². The minimum atomic E-state index is -0.308. The van der Waals surface area contributed by atoms with Crippen LogP contribution in [-0.4, -0.2) is 10.1 Å². The molecule has 0 aromatic carbocycles. The van der Waals surface area contributed by atoms with E-state index in [0.29, 0.717) is 11.1 Å². The van der Waals surface area contributed by atoms with Gasteiger partial charge in [-0.1, -0.05) is 0 Å². The summed E-state index contributed by atoms with van der Waals surface area (Å²) in [5, 5.41) is 9.14. The monoisotopic (exact) mass is 154 g/mol. The molecule has 1 aromatic heterocycles. The second-order valence-electron chi connectivity index (χ2n) is 2.35. The largest absolute Gasteiger partial charge is 0.494 e. The van der Waals surface area contributed by atoms with Crippen LogP contribution in [0.25, 0.3) is 0 Å². The molecular formula is C7H10N2O2. The van der Waals surface area contributed by atoms with Crippen LogP contribution in [0.4, 0.5) is 0 Å². The zero-order valence-electron chi connectivity index (χ0n) is 6.22. The average molecular weight is 154 g/mol. The van der Waals surface area contributed by atoms with Crippen LogP contribution in [0.1, 0.15) is 11.1 Å². The molecule has 0 saturated carbocycles. The van der Waals surface area contributed by atoms with Gasteiger partial charge in [-0.15, -0.1) is 0 Å².